The van der Waals surface area contributed by atoms with Gasteiger partial charge in [0.2, 0.25) is 0 Å². The Kier molecular flexibility index (Phi) is 8.72. The Labute approximate surface area is 134 Å². The molecule has 2 heterocycles. The van der Waals surface area contributed by atoms with Crippen molar-refractivity contribution in [3.05, 3.63) is 0 Å². The molecule has 0 saturated carbocycles. The molecular weight excluding hydrogens is 308 g/mol. The lowest BCUT2D eigenvalue weighted by Gasteiger charge is -2.02. The first-order chi connectivity index (χ1) is 10.5. The van der Waals surface area contributed by atoms with Crippen molar-refractivity contribution in [3.8, 4) is 0 Å². The number of unbranched alkanes of at least 4 members (excludes halogenated alkanes) is 1. The van der Waals surface area contributed by atoms with Gasteiger partial charge in [-0.25, -0.2) is 4.79 Å². The first kappa shape index (κ1) is 18.6. The summed E-state index contributed by atoms with van der Waals surface area (Å²) in [6.07, 6.45) is 2.68. The fourth-order valence-electron chi connectivity index (χ4n) is 2.02. The number of urea groups is 1. The van der Waals surface area contributed by atoms with Gasteiger partial charge in [0.25, 0.3) is 0 Å². The van der Waals surface area contributed by atoms with Crippen LogP contribution in [-0.2, 0) is 14.3 Å². The summed E-state index contributed by atoms with van der Waals surface area (Å²) < 4.78 is 4.79. The van der Waals surface area contributed by atoms with Gasteiger partial charge < -0.3 is 20.5 Å². The van der Waals surface area contributed by atoms with Crippen LogP contribution in [0.2, 0.25) is 0 Å². The number of amides is 2. The fraction of sp³-hybridized carbons (Fsp3) is 0.786. The van der Waals surface area contributed by atoms with Gasteiger partial charge in [-0.15, -0.1) is 0 Å². The Balaban J connectivity index is 0.000000231. The monoisotopic (exact) mass is 332 g/mol. The first-order valence-electron chi connectivity index (χ1n) is 7.55. The highest BCUT2D eigenvalue weighted by Gasteiger charge is 2.35. The number of hydrogen-bond donors (Lipinski definition) is 3. The second kappa shape index (κ2) is 10.3. The molecule has 2 amide bonds. The predicted molar refractivity (Wildman–Crippen MR) is 83.9 cm³/mol. The van der Waals surface area contributed by atoms with Crippen molar-refractivity contribution < 1.29 is 24.2 Å². The van der Waals surface area contributed by atoms with E-state index < -0.39 is 5.97 Å². The van der Waals surface area contributed by atoms with E-state index in [1.54, 1.807) is 0 Å². The van der Waals surface area contributed by atoms with E-state index in [0.717, 1.165) is 24.3 Å². The summed E-state index contributed by atoms with van der Waals surface area (Å²) in [5.74, 6) is 1.06. The normalized spacial score (nSPS) is 22.0. The average molecular weight is 332 g/mol. The lowest BCUT2D eigenvalue weighted by Crippen LogP contribution is -2.31. The summed E-state index contributed by atoms with van der Waals surface area (Å²) in [4.78, 5) is 31.6. The second-order valence-corrected chi connectivity index (χ2v) is 6.26. The van der Waals surface area contributed by atoms with Crippen molar-refractivity contribution in [2.75, 3.05) is 18.1 Å². The molecule has 22 heavy (non-hydrogen) atoms. The highest BCUT2D eigenvalue weighted by Crippen LogP contribution is 2.20. The zero-order valence-corrected chi connectivity index (χ0v) is 13.6. The summed E-state index contributed by atoms with van der Waals surface area (Å²) in [7, 11) is 0. The number of thioether (sulfide) groups is 1. The molecule has 2 unspecified atom stereocenters. The SMILES string of the molecule is CCCCC(=O)OCCCC(=O)O.O=C1NC2CSCC2N1. The molecule has 0 aromatic heterocycles. The zero-order valence-electron chi connectivity index (χ0n) is 12.8. The Hall–Kier alpha value is -1.44. The number of rotatable bonds is 7. The number of ether oxygens (including phenoxy) is 1. The highest BCUT2D eigenvalue weighted by molar-refractivity contribution is 7.99. The Bertz CT molecular complexity index is 377. The smallest absolute Gasteiger partial charge is 0.315 e. The van der Waals surface area contributed by atoms with Crippen molar-refractivity contribution in [3.63, 3.8) is 0 Å². The van der Waals surface area contributed by atoms with Gasteiger partial charge in [-0.3, -0.25) is 9.59 Å². The Morgan fingerprint density at radius 2 is 1.86 bits per heavy atom. The van der Waals surface area contributed by atoms with Crippen LogP contribution in [0.1, 0.15) is 39.0 Å². The molecule has 2 atom stereocenters. The molecule has 126 valence electrons. The van der Waals surface area contributed by atoms with Gasteiger partial charge in [-0.2, -0.15) is 11.8 Å². The number of fused-ring (bicyclic) bond motifs is 1. The number of carbonyl (C=O) groups excluding carboxylic acids is 2. The van der Waals surface area contributed by atoms with Gasteiger partial charge in [-0.05, 0) is 12.8 Å². The van der Waals surface area contributed by atoms with Gasteiger partial charge in [0.05, 0.1) is 18.7 Å². The molecule has 2 saturated heterocycles. The molecule has 7 nitrogen and oxygen atoms in total. The maximum Gasteiger partial charge on any atom is 0.315 e. The van der Waals surface area contributed by atoms with E-state index in [4.69, 9.17) is 9.84 Å². The van der Waals surface area contributed by atoms with E-state index in [-0.39, 0.29) is 25.0 Å². The predicted octanol–water partition coefficient (Wildman–Crippen LogP) is 1.37. The molecule has 0 bridgehead atoms. The zero-order chi connectivity index (χ0) is 16.4. The molecule has 0 radical (unpaired) electrons. The summed E-state index contributed by atoms with van der Waals surface area (Å²) in [5.41, 5.74) is 0. The van der Waals surface area contributed by atoms with E-state index in [1.807, 2.05) is 18.7 Å². The van der Waals surface area contributed by atoms with Gasteiger partial charge >= 0.3 is 18.0 Å². The van der Waals surface area contributed by atoms with E-state index in [0.29, 0.717) is 24.9 Å². The molecule has 3 N–H and O–H groups in total. The minimum absolute atomic E-state index is 0.00491. The van der Waals surface area contributed by atoms with E-state index in [9.17, 15) is 14.4 Å². The molecule has 0 spiro atoms. The van der Waals surface area contributed by atoms with Crippen molar-refractivity contribution in [1.82, 2.24) is 10.6 Å². The summed E-state index contributed by atoms with van der Waals surface area (Å²) in [6.45, 7) is 2.21. The molecule has 0 aromatic carbocycles. The molecule has 2 fully saturated rings. The minimum atomic E-state index is -0.857. The number of nitrogens with one attached hydrogen (secondary N) is 2. The number of esters is 1. The summed E-state index contributed by atoms with van der Waals surface area (Å²) in [5, 5.41) is 14.0. The second-order valence-electron chi connectivity index (χ2n) is 5.19. The largest absolute Gasteiger partial charge is 0.481 e. The Morgan fingerprint density at radius 1 is 1.23 bits per heavy atom. The van der Waals surface area contributed by atoms with Crippen molar-refractivity contribution >= 4 is 29.7 Å². The molecule has 8 heteroatoms. The third-order valence-electron chi connectivity index (χ3n) is 3.25. The van der Waals surface area contributed by atoms with Crippen LogP contribution in [0.15, 0.2) is 0 Å². The van der Waals surface area contributed by atoms with Crippen LogP contribution in [0.5, 0.6) is 0 Å². The number of carbonyl (C=O) groups is 3. The number of aliphatic carboxylic acids is 1. The van der Waals surface area contributed by atoms with E-state index in [2.05, 4.69) is 10.6 Å². The third kappa shape index (κ3) is 7.53. The van der Waals surface area contributed by atoms with E-state index >= 15 is 0 Å². The molecule has 0 aliphatic carbocycles. The number of hydrogen-bond acceptors (Lipinski definition) is 5. The lowest BCUT2D eigenvalue weighted by atomic mass is 10.2. The molecule has 2 aliphatic rings. The molecule has 2 aliphatic heterocycles. The quantitative estimate of drug-likeness (QED) is 0.369. The van der Waals surface area contributed by atoms with Gasteiger partial charge in [-0.1, -0.05) is 13.3 Å². The maximum atomic E-state index is 10.9. The van der Waals surface area contributed by atoms with Crippen LogP contribution in [0.4, 0.5) is 4.79 Å². The summed E-state index contributed by atoms with van der Waals surface area (Å²) in [6, 6.07) is 0.815. The van der Waals surface area contributed by atoms with Crippen LogP contribution in [0.3, 0.4) is 0 Å². The van der Waals surface area contributed by atoms with Crippen LogP contribution in [0, 0.1) is 0 Å². The first-order valence-corrected chi connectivity index (χ1v) is 8.70. The minimum Gasteiger partial charge on any atom is -0.481 e. The Morgan fingerprint density at radius 3 is 2.41 bits per heavy atom. The van der Waals surface area contributed by atoms with Gasteiger partial charge in [0.15, 0.2) is 0 Å². The number of carboxylic acids is 1. The third-order valence-corrected chi connectivity index (χ3v) is 4.44. The molecular formula is C14H24N2O5S. The highest BCUT2D eigenvalue weighted by atomic mass is 32.2. The number of carboxylic acid groups (broad SMARTS) is 1. The van der Waals surface area contributed by atoms with Crippen LogP contribution >= 0.6 is 11.8 Å². The molecule has 2 rings (SSSR count). The van der Waals surface area contributed by atoms with Gasteiger partial charge in [0, 0.05) is 24.3 Å². The average Bonchev–Trinajstić information content (AvgIpc) is 3.02. The van der Waals surface area contributed by atoms with Gasteiger partial charge in [0.1, 0.15) is 0 Å². The lowest BCUT2D eigenvalue weighted by molar-refractivity contribution is -0.145. The maximum absolute atomic E-state index is 10.9. The molecule has 0 aromatic rings. The summed E-state index contributed by atoms with van der Waals surface area (Å²) >= 11 is 1.89. The fourth-order valence-corrected chi connectivity index (χ4v) is 3.30. The van der Waals surface area contributed by atoms with Crippen molar-refractivity contribution in [1.29, 1.82) is 0 Å². The van der Waals surface area contributed by atoms with Crippen LogP contribution < -0.4 is 10.6 Å². The topological polar surface area (TPSA) is 105 Å². The van der Waals surface area contributed by atoms with Crippen molar-refractivity contribution in [2.45, 2.75) is 51.1 Å². The van der Waals surface area contributed by atoms with Crippen molar-refractivity contribution in [2.24, 2.45) is 0 Å². The van der Waals surface area contributed by atoms with Crippen LogP contribution in [-0.4, -0.2) is 53.3 Å². The van der Waals surface area contributed by atoms with E-state index in [1.165, 1.54) is 0 Å². The standard InChI is InChI=1S/C9H16O4.C5H8N2OS/c1-2-3-6-9(12)13-7-4-5-8(10)11;8-5-6-3-1-9-2-4(3)7-5/h2-7H2,1H3,(H,10,11);3-4H,1-2H2,(H2,6,7,8). The van der Waals surface area contributed by atoms with Crippen LogP contribution in [0.25, 0.3) is 0 Å².